The Morgan fingerprint density at radius 1 is 0.515 bits per heavy atom. The molecule has 390 valence electrons. The lowest BCUT2D eigenvalue weighted by Gasteiger charge is -2.29. The molecule has 66 heavy (non-hydrogen) atoms. The number of nitrogens with one attached hydrogen (secondary N) is 1. The molecule has 0 radical (unpaired) electrons. The van der Waals surface area contributed by atoms with Gasteiger partial charge in [0.25, 0.3) is 7.82 Å². The van der Waals surface area contributed by atoms with Crippen LogP contribution < -0.4 is 10.2 Å². The van der Waals surface area contributed by atoms with Crippen molar-refractivity contribution in [2.24, 2.45) is 0 Å². The van der Waals surface area contributed by atoms with Crippen LogP contribution in [0.4, 0.5) is 0 Å². The average molecular weight is 951 g/mol. The Hall–Kier alpha value is -1.28. The second-order valence-corrected chi connectivity index (χ2v) is 22.0. The van der Waals surface area contributed by atoms with Crippen LogP contribution in [0, 0.1) is 0 Å². The van der Waals surface area contributed by atoms with E-state index in [4.69, 9.17) is 9.05 Å². The number of hydrogen-bond acceptors (Lipinski definition) is 6. The lowest BCUT2D eigenvalue weighted by Crippen LogP contribution is -2.45. The molecule has 0 aliphatic heterocycles. The molecule has 0 saturated heterocycles. The van der Waals surface area contributed by atoms with E-state index in [1.807, 2.05) is 27.2 Å². The normalized spacial score (nSPS) is 14.2. The number of amides is 1. The fourth-order valence-corrected chi connectivity index (χ4v) is 9.06. The molecule has 3 atom stereocenters. The zero-order valence-corrected chi connectivity index (χ0v) is 45.3. The van der Waals surface area contributed by atoms with E-state index in [9.17, 15) is 19.4 Å². The number of phosphoric ester groups is 1. The summed E-state index contributed by atoms with van der Waals surface area (Å²) in [5, 5.41) is 13.8. The van der Waals surface area contributed by atoms with Gasteiger partial charge in [-0.15, -0.1) is 0 Å². The molecule has 0 spiro atoms. The van der Waals surface area contributed by atoms with Crippen LogP contribution in [0.2, 0.25) is 0 Å². The van der Waals surface area contributed by atoms with Crippen LogP contribution in [0.3, 0.4) is 0 Å². The summed E-state index contributed by atoms with van der Waals surface area (Å²) in [6.45, 7) is 4.64. The third-order valence-electron chi connectivity index (χ3n) is 12.8. The highest BCUT2D eigenvalue weighted by atomic mass is 31.2. The first kappa shape index (κ1) is 64.7. The number of phosphoric acid groups is 1. The molecule has 0 heterocycles. The van der Waals surface area contributed by atoms with Gasteiger partial charge in [-0.2, -0.15) is 0 Å². The summed E-state index contributed by atoms with van der Waals surface area (Å²) < 4.78 is 23.3. The summed E-state index contributed by atoms with van der Waals surface area (Å²) in [5.74, 6) is -0.205. The average Bonchev–Trinajstić information content (AvgIpc) is 3.28. The maximum atomic E-state index is 12.9. The quantitative estimate of drug-likeness (QED) is 0.0272. The number of unbranched alkanes of at least 4 members (excludes halogenated alkanes) is 35. The van der Waals surface area contributed by atoms with Crippen LogP contribution >= 0.6 is 7.82 Å². The maximum absolute atomic E-state index is 12.9. The van der Waals surface area contributed by atoms with Crippen molar-refractivity contribution in [3.63, 3.8) is 0 Å². The largest absolute Gasteiger partial charge is 0.756 e. The molecule has 0 bridgehead atoms. The summed E-state index contributed by atoms with van der Waals surface area (Å²) in [7, 11) is 1.25. The van der Waals surface area contributed by atoms with Gasteiger partial charge in [-0.25, -0.2) is 0 Å². The summed E-state index contributed by atoms with van der Waals surface area (Å²) in [6, 6.07) is -0.901. The Morgan fingerprint density at radius 2 is 0.848 bits per heavy atom. The van der Waals surface area contributed by atoms with Crippen molar-refractivity contribution in [3.8, 4) is 0 Å². The number of aliphatic hydroxyl groups excluding tert-OH is 1. The number of rotatable bonds is 52. The van der Waals surface area contributed by atoms with Crippen molar-refractivity contribution in [1.29, 1.82) is 0 Å². The Morgan fingerprint density at radius 3 is 1.23 bits per heavy atom. The minimum absolute atomic E-state index is 0.00550. The smallest absolute Gasteiger partial charge is 0.268 e. The first-order valence-electron chi connectivity index (χ1n) is 28.4. The number of quaternary nitrogens is 1. The maximum Gasteiger partial charge on any atom is 0.268 e. The molecule has 0 aromatic heterocycles. The summed E-state index contributed by atoms with van der Waals surface area (Å²) in [4.78, 5) is 25.4. The summed E-state index contributed by atoms with van der Waals surface area (Å²) in [5.41, 5.74) is 0. The third kappa shape index (κ3) is 50.6. The van der Waals surface area contributed by atoms with Gasteiger partial charge in [0.2, 0.25) is 5.91 Å². The highest BCUT2D eigenvalue weighted by Crippen LogP contribution is 2.38. The molecule has 9 heteroatoms. The zero-order valence-electron chi connectivity index (χ0n) is 44.4. The van der Waals surface area contributed by atoms with Crippen molar-refractivity contribution in [1.82, 2.24) is 5.32 Å². The minimum atomic E-state index is -4.60. The highest BCUT2D eigenvalue weighted by molar-refractivity contribution is 7.45. The molecule has 2 N–H and O–H groups in total. The molecule has 0 aromatic carbocycles. The van der Waals surface area contributed by atoms with E-state index in [2.05, 4.69) is 43.5 Å². The van der Waals surface area contributed by atoms with Gasteiger partial charge in [0.15, 0.2) is 0 Å². The predicted molar refractivity (Wildman–Crippen MR) is 284 cm³/mol. The number of nitrogens with zero attached hydrogens (tertiary/aromatic N) is 1. The Kier molecular flexibility index (Phi) is 47.8. The van der Waals surface area contributed by atoms with Crippen molar-refractivity contribution in [2.45, 2.75) is 283 Å². The number of hydrogen-bond donors (Lipinski definition) is 2. The van der Waals surface area contributed by atoms with Crippen LogP contribution in [0.1, 0.15) is 271 Å². The first-order valence-corrected chi connectivity index (χ1v) is 29.8. The predicted octanol–water partition coefficient (Wildman–Crippen LogP) is 16.4. The van der Waals surface area contributed by atoms with Crippen molar-refractivity contribution in [2.75, 3.05) is 40.9 Å². The van der Waals surface area contributed by atoms with E-state index < -0.39 is 26.6 Å². The highest BCUT2D eigenvalue weighted by Gasteiger charge is 2.23. The minimum Gasteiger partial charge on any atom is -0.756 e. The first-order chi connectivity index (χ1) is 32.0. The molecular weight excluding hydrogens is 840 g/mol. The van der Waals surface area contributed by atoms with Gasteiger partial charge < -0.3 is 28.8 Å². The van der Waals surface area contributed by atoms with Gasteiger partial charge in [0.05, 0.1) is 39.9 Å². The van der Waals surface area contributed by atoms with Crippen LogP contribution in [0.25, 0.3) is 0 Å². The lowest BCUT2D eigenvalue weighted by atomic mass is 10.0. The molecule has 0 aliphatic carbocycles. The SMILES string of the molecule is CCCCCCCCCC/C=C/CC/C=C/C(O)C(COP(=O)([O-])OCC[N+](C)(C)C)NC(=O)CCCCCCCCCCCCCCCC/C=C\CCCCCCCCCCCCCC. The number of likely N-dealkylation sites (N-methyl/N-ethyl adjacent to an activating group) is 1. The number of aliphatic hydroxyl groups is 1. The molecule has 8 nitrogen and oxygen atoms in total. The van der Waals surface area contributed by atoms with Crippen molar-refractivity contribution < 1.29 is 32.9 Å². The van der Waals surface area contributed by atoms with E-state index in [0.717, 1.165) is 38.5 Å². The number of allylic oxidation sites excluding steroid dienone is 5. The van der Waals surface area contributed by atoms with E-state index >= 15 is 0 Å². The number of carbonyl (C=O) groups excluding carboxylic acids is 1. The van der Waals surface area contributed by atoms with E-state index in [0.29, 0.717) is 17.4 Å². The molecule has 0 saturated carbocycles. The molecule has 0 fully saturated rings. The second kappa shape index (κ2) is 48.7. The Labute approximate surface area is 410 Å². The molecule has 0 rings (SSSR count). The van der Waals surface area contributed by atoms with E-state index in [-0.39, 0.29) is 12.5 Å². The van der Waals surface area contributed by atoms with Crippen LogP contribution in [-0.2, 0) is 18.4 Å². The van der Waals surface area contributed by atoms with Gasteiger partial charge in [0, 0.05) is 6.42 Å². The fraction of sp³-hybridized carbons (Fsp3) is 0.877. The standard InChI is InChI=1S/C57H111N2O6P/c1-6-8-10-12-14-16-18-20-22-23-24-25-26-27-28-29-30-31-32-33-34-35-36-37-39-41-43-45-47-49-51-57(61)58-55(54-65-66(62,63)64-53-52-59(3,4)5)56(60)50-48-46-44-42-40-38-21-19-17-15-13-11-9-7-2/h27-28,40,42,48,50,55-56,60H,6-26,29-39,41,43-47,49,51-54H2,1-5H3,(H-,58,61,62,63)/b28-27-,42-40+,50-48+. The third-order valence-corrected chi connectivity index (χ3v) is 13.8. The van der Waals surface area contributed by atoms with Crippen LogP contribution in [0.5, 0.6) is 0 Å². The summed E-state index contributed by atoms with van der Waals surface area (Å²) in [6.07, 6.45) is 62.3. The van der Waals surface area contributed by atoms with Crippen LogP contribution in [0.15, 0.2) is 36.5 Å². The Balaban J connectivity index is 4.09. The molecule has 3 unspecified atom stereocenters. The van der Waals surface area contributed by atoms with Gasteiger partial charge >= 0.3 is 0 Å². The van der Waals surface area contributed by atoms with Gasteiger partial charge in [-0.1, -0.05) is 243 Å². The molecule has 0 aromatic rings. The fourth-order valence-electron chi connectivity index (χ4n) is 8.34. The molecular formula is C57H111N2O6P. The van der Waals surface area contributed by atoms with E-state index in [1.165, 1.54) is 212 Å². The molecule has 0 aliphatic rings. The lowest BCUT2D eigenvalue weighted by molar-refractivity contribution is -0.870. The van der Waals surface area contributed by atoms with E-state index in [1.54, 1.807) is 6.08 Å². The van der Waals surface area contributed by atoms with Gasteiger partial charge in [0.1, 0.15) is 13.2 Å². The van der Waals surface area contributed by atoms with Crippen molar-refractivity contribution in [3.05, 3.63) is 36.5 Å². The second-order valence-electron chi connectivity index (χ2n) is 20.6. The summed E-state index contributed by atoms with van der Waals surface area (Å²) >= 11 is 0. The monoisotopic (exact) mass is 951 g/mol. The van der Waals surface area contributed by atoms with Gasteiger partial charge in [-0.3, -0.25) is 9.36 Å². The molecule has 1 amide bonds. The zero-order chi connectivity index (χ0) is 48.5. The Bertz CT molecular complexity index is 1170. The van der Waals surface area contributed by atoms with Crippen LogP contribution in [-0.4, -0.2) is 68.5 Å². The topological polar surface area (TPSA) is 108 Å². The number of carbonyl (C=O) groups is 1. The van der Waals surface area contributed by atoms with Gasteiger partial charge in [-0.05, 0) is 57.8 Å². The van der Waals surface area contributed by atoms with Crippen molar-refractivity contribution >= 4 is 13.7 Å².